The molecule has 5 nitrogen and oxygen atoms in total. The molecule has 2 aromatic carbocycles. The molecule has 45 heavy (non-hydrogen) atoms. The molecule has 0 spiro atoms. The molecule has 0 amide bonds. The van der Waals surface area contributed by atoms with E-state index in [2.05, 4.69) is 68.5 Å². The van der Waals surface area contributed by atoms with Crippen molar-refractivity contribution >= 4 is 37.8 Å². The van der Waals surface area contributed by atoms with E-state index in [-0.39, 0.29) is 29.8 Å². The van der Waals surface area contributed by atoms with Crippen molar-refractivity contribution in [2.45, 2.75) is 90.6 Å². The van der Waals surface area contributed by atoms with Gasteiger partial charge in [-0.15, -0.1) is 0 Å². The monoisotopic (exact) mass is 682 g/mol. The first-order chi connectivity index (χ1) is 20.9. The highest BCUT2D eigenvalue weighted by Gasteiger charge is 2.38. The third kappa shape index (κ3) is 9.52. The van der Waals surface area contributed by atoms with Crippen molar-refractivity contribution in [1.82, 2.24) is 14.7 Å². The van der Waals surface area contributed by atoms with Gasteiger partial charge in [0.2, 0.25) is 9.04 Å². The molecule has 0 saturated carbocycles. The summed E-state index contributed by atoms with van der Waals surface area (Å²) < 4.78 is 54.2. The van der Waals surface area contributed by atoms with Gasteiger partial charge in [0.05, 0.1) is 29.9 Å². The Bertz CT molecular complexity index is 1330. The predicted molar refractivity (Wildman–Crippen MR) is 183 cm³/mol. The third-order valence-corrected chi connectivity index (χ3v) is 10.0. The summed E-state index contributed by atoms with van der Waals surface area (Å²) in [5.41, 5.74) is 2.11. The van der Waals surface area contributed by atoms with Crippen LogP contribution in [-0.2, 0) is 20.8 Å². The highest BCUT2D eigenvalue weighted by molar-refractivity contribution is 7.80. The van der Waals surface area contributed by atoms with Crippen LogP contribution in [0.1, 0.15) is 68.5 Å². The fourth-order valence-corrected chi connectivity index (χ4v) is 8.03. The molecular formula is C34H48ClF3N3O2SSi. The van der Waals surface area contributed by atoms with Gasteiger partial charge in [0.15, 0.2) is 0 Å². The number of rotatable bonds is 8. The lowest BCUT2D eigenvalue weighted by Gasteiger charge is -2.47. The summed E-state index contributed by atoms with van der Waals surface area (Å²) in [5.74, 6) is 0. The van der Waals surface area contributed by atoms with E-state index in [4.69, 9.17) is 33.0 Å². The summed E-state index contributed by atoms with van der Waals surface area (Å²) in [6, 6.07) is 10.0. The maximum atomic E-state index is 13.8. The quantitative estimate of drug-likeness (QED) is 0.209. The first-order valence-corrected chi connectivity index (χ1v) is 19.0. The van der Waals surface area contributed by atoms with Crippen LogP contribution in [-0.4, -0.2) is 92.8 Å². The Morgan fingerprint density at radius 1 is 1.00 bits per heavy atom. The lowest BCUT2D eigenvalue weighted by Crippen LogP contribution is -2.59. The van der Waals surface area contributed by atoms with Crippen LogP contribution >= 0.6 is 23.8 Å². The van der Waals surface area contributed by atoms with Gasteiger partial charge in [0, 0.05) is 56.4 Å². The number of piperazine rings is 1. The molecule has 4 rings (SSSR count). The van der Waals surface area contributed by atoms with E-state index in [1.165, 1.54) is 12.1 Å². The summed E-state index contributed by atoms with van der Waals surface area (Å²) in [5, 5.41) is 0.703. The van der Waals surface area contributed by atoms with E-state index < -0.39 is 20.8 Å². The summed E-state index contributed by atoms with van der Waals surface area (Å²) in [7, 11) is -1.18. The predicted octanol–water partition coefficient (Wildman–Crippen LogP) is 7.74. The number of nitrogens with zero attached hydrogens (tertiary/aromatic N) is 3. The van der Waals surface area contributed by atoms with Crippen molar-refractivity contribution < 1.29 is 22.3 Å². The second kappa shape index (κ2) is 14.7. The van der Waals surface area contributed by atoms with Crippen molar-refractivity contribution in [1.29, 1.82) is 0 Å². The number of benzene rings is 2. The van der Waals surface area contributed by atoms with Crippen LogP contribution in [0, 0.1) is 6.92 Å². The first kappa shape index (κ1) is 36.3. The number of alkyl halides is 3. The van der Waals surface area contributed by atoms with Gasteiger partial charge in [0.25, 0.3) is 0 Å². The standard InChI is InChI=1S/C34H48ClF3N3O2SSi/c1-22-15-26(17-27(16-22)34(36,37)38)32(44)41-14-13-39(11-12-40-19-23(2)42-24(3)20-40)21-30(41)31(43-45(7)8)25-9-10-29(35)28(18-25)33(4,5)6/h9-10,15-18,23-24,30-31H,11-14,19-21H2,1-8H3/t23-,24+,30-,31?/m1/s1. The van der Waals surface area contributed by atoms with Crippen LogP contribution in [0.3, 0.4) is 0 Å². The van der Waals surface area contributed by atoms with Crippen LogP contribution in [0.25, 0.3) is 0 Å². The van der Waals surface area contributed by atoms with Gasteiger partial charge in [-0.1, -0.05) is 56.7 Å². The van der Waals surface area contributed by atoms with Crippen LogP contribution < -0.4 is 0 Å². The zero-order chi connectivity index (χ0) is 33.3. The average molecular weight is 683 g/mol. The molecule has 2 fully saturated rings. The topological polar surface area (TPSA) is 28.2 Å². The van der Waals surface area contributed by atoms with Crippen LogP contribution in [0.15, 0.2) is 36.4 Å². The number of ether oxygens (including phenoxy) is 1. The number of halogens is 4. The van der Waals surface area contributed by atoms with Crippen LogP contribution in [0.4, 0.5) is 13.2 Å². The fraction of sp³-hybridized carbons (Fsp3) is 0.618. The summed E-state index contributed by atoms with van der Waals surface area (Å²) in [4.78, 5) is 7.43. The molecule has 2 aliphatic rings. The molecule has 2 saturated heterocycles. The van der Waals surface area contributed by atoms with E-state index in [0.717, 1.165) is 43.9 Å². The van der Waals surface area contributed by atoms with Gasteiger partial charge in [-0.3, -0.25) is 9.80 Å². The molecule has 11 heteroatoms. The Morgan fingerprint density at radius 2 is 1.64 bits per heavy atom. The second-order valence-electron chi connectivity index (χ2n) is 13.9. The molecule has 2 aromatic rings. The maximum absolute atomic E-state index is 13.8. The zero-order valence-corrected chi connectivity index (χ0v) is 30.4. The molecule has 249 valence electrons. The van der Waals surface area contributed by atoms with Crippen LogP contribution in [0.2, 0.25) is 18.1 Å². The van der Waals surface area contributed by atoms with Crippen molar-refractivity contribution in [3.63, 3.8) is 0 Å². The minimum atomic E-state index is -4.46. The Morgan fingerprint density at radius 3 is 2.24 bits per heavy atom. The minimum Gasteiger partial charge on any atom is -0.408 e. The van der Waals surface area contributed by atoms with E-state index in [0.29, 0.717) is 34.2 Å². The fourth-order valence-electron chi connectivity index (χ4n) is 6.49. The Labute approximate surface area is 279 Å². The number of hydrogen-bond acceptors (Lipinski definition) is 5. The number of hydrogen-bond donors (Lipinski definition) is 0. The van der Waals surface area contributed by atoms with E-state index in [1.54, 1.807) is 13.0 Å². The molecule has 1 radical (unpaired) electrons. The Hall–Kier alpha value is -1.53. The number of thiocarbonyl (C=S) groups is 1. The van der Waals surface area contributed by atoms with Crippen molar-refractivity contribution in [2.24, 2.45) is 0 Å². The molecule has 0 bridgehead atoms. The van der Waals surface area contributed by atoms with Crippen LogP contribution in [0.5, 0.6) is 0 Å². The lowest BCUT2D eigenvalue weighted by molar-refractivity contribution is -0.137. The lowest BCUT2D eigenvalue weighted by atomic mass is 9.84. The maximum Gasteiger partial charge on any atom is 0.416 e. The number of aryl methyl sites for hydroxylation is 1. The molecule has 2 heterocycles. The molecule has 2 aliphatic heterocycles. The first-order valence-electron chi connectivity index (χ1n) is 15.8. The Balaban J connectivity index is 1.71. The van der Waals surface area contributed by atoms with Gasteiger partial charge >= 0.3 is 6.18 Å². The average Bonchev–Trinajstić information content (AvgIpc) is 2.92. The largest absolute Gasteiger partial charge is 0.416 e. The summed E-state index contributed by atoms with van der Waals surface area (Å²) in [6.07, 6.45) is -4.41. The number of morpholine rings is 1. The van der Waals surface area contributed by atoms with Crippen molar-refractivity contribution in [3.05, 3.63) is 69.2 Å². The van der Waals surface area contributed by atoms with E-state index in [9.17, 15) is 13.2 Å². The highest BCUT2D eigenvalue weighted by Crippen LogP contribution is 2.37. The van der Waals surface area contributed by atoms with E-state index >= 15 is 0 Å². The molecule has 0 N–H and O–H groups in total. The van der Waals surface area contributed by atoms with Gasteiger partial charge in [-0.2, -0.15) is 13.2 Å². The smallest absolute Gasteiger partial charge is 0.408 e. The van der Waals surface area contributed by atoms with Crippen molar-refractivity contribution in [2.75, 3.05) is 45.8 Å². The zero-order valence-electron chi connectivity index (χ0n) is 27.8. The minimum absolute atomic E-state index is 0.181. The van der Waals surface area contributed by atoms with Crippen molar-refractivity contribution in [3.8, 4) is 0 Å². The van der Waals surface area contributed by atoms with Gasteiger partial charge < -0.3 is 14.1 Å². The molecule has 1 unspecified atom stereocenters. The third-order valence-electron chi connectivity index (χ3n) is 8.48. The SMILES string of the molecule is Cc1cc(C(=S)N2CCN(CCN3C[C@@H](C)O[C@@H](C)C3)C[C@@H]2C(O[Si](C)C)c2ccc(Cl)c(C(C)(C)C)c2)cc(C(F)(F)F)c1. The summed E-state index contributed by atoms with van der Waals surface area (Å²) in [6.45, 7) is 22.1. The van der Waals surface area contributed by atoms with Gasteiger partial charge in [0.1, 0.15) is 4.99 Å². The normalized spacial score (nSPS) is 23.0. The summed E-state index contributed by atoms with van der Waals surface area (Å²) >= 11 is 12.7. The molecular weight excluding hydrogens is 635 g/mol. The second-order valence-corrected chi connectivity index (χ2v) is 16.8. The van der Waals surface area contributed by atoms with E-state index in [1.807, 2.05) is 12.1 Å². The molecule has 4 atom stereocenters. The molecule has 0 aliphatic carbocycles. The highest BCUT2D eigenvalue weighted by atomic mass is 35.5. The molecule has 0 aromatic heterocycles. The Kier molecular flexibility index (Phi) is 11.9. The van der Waals surface area contributed by atoms with Gasteiger partial charge in [-0.05, 0) is 80.2 Å². The van der Waals surface area contributed by atoms with Gasteiger partial charge in [-0.25, -0.2) is 0 Å².